The van der Waals surface area contributed by atoms with Crippen LogP contribution in [0.25, 0.3) is 0 Å². The highest BCUT2D eigenvalue weighted by Crippen LogP contribution is 2.24. The number of nitrogens with one attached hydrogen (secondary N) is 1. The molecule has 2 rings (SSSR count). The van der Waals surface area contributed by atoms with Gasteiger partial charge in [-0.05, 0) is 36.7 Å². The molecule has 0 fully saturated rings. The summed E-state index contributed by atoms with van der Waals surface area (Å²) in [4.78, 5) is 4.05. The number of rotatable bonds is 6. The molecule has 1 aromatic heterocycles. The first kappa shape index (κ1) is 14.4. The summed E-state index contributed by atoms with van der Waals surface area (Å²) in [7, 11) is 0. The third-order valence-electron chi connectivity index (χ3n) is 2.65. The van der Waals surface area contributed by atoms with Gasteiger partial charge < -0.3 is 10.1 Å². The standard InChI is InChI=1S/C15H16F2N2O/c1-2-5-18-8-11-6-13(10-19-9-11)20-15-4-3-12(16)7-14(15)17/h3-4,6-7,9-10,18H,2,5,8H2,1H3. The molecular weight excluding hydrogens is 262 g/mol. The van der Waals surface area contributed by atoms with Crippen molar-refractivity contribution >= 4 is 0 Å². The summed E-state index contributed by atoms with van der Waals surface area (Å²) >= 11 is 0. The Bertz CT molecular complexity index is 576. The zero-order valence-electron chi connectivity index (χ0n) is 11.2. The number of benzene rings is 1. The first-order chi connectivity index (χ1) is 9.69. The molecule has 1 N–H and O–H groups in total. The summed E-state index contributed by atoms with van der Waals surface area (Å²) in [6.45, 7) is 3.67. The predicted octanol–water partition coefficient (Wildman–Crippen LogP) is 3.65. The third kappa shape index (κ3) is 3.99. The van der Waals surface area contributed by atoms with E-state index in [1.54, 1.807) is 12.3 Å². The molecule has 0 saturated heterocycles. The number of pyridine rings is 1. The van der Waals surface area contributed by atoms with Crippen LogP contribution < -0.4 is 10.1 Å². The van der Waals surface area contributed by atoms with E-state index in [9.17, 15) is 8.78 Å². The van der Waals surface area contributed by atoms with Crippen LogP contribution in [0, 0.1) is 11.6 Å². The molecule has 3 nitrogen and oxygen atoms in total. The van der Waals surface area contributed by atoms with Gasteiger partial charge in [0, 0.05) is 18.8 Å². The average molecular weight is 278 g/mol. The average Bonchev–Trinajstić information content (AvgIpc) is 2.43. The molecule has 106 valence electrons. The Morgan fingerprint density at radius 1 is 1.20 bits per heavy atom. The van der Waals surface area contributed by atoms with Gasteiger partial charge in [0.15, 0.2) is 11.6 Å². The van der Waals surface area contributed by atoms with Crippen LogP contribution in [0.5, 0.6) is 11.5 Å². The molecule has 0 bridgehead atoms. The highest BCUT2D eigenvalue weighted by atomic mass is 19.1. The van der Waals surface area contributed by atoms with Gasteiger partial charge >= 0.3 is 0 Å². The second-order valence-electron chi connectivity index (χ2n) is 4.38. The van der Waals surface area contributed by atoms with Gasteiger partial charge in [0.2, 0.25) is 0 Å². The number of aromatic nitrogens is 1. The maximum absolute atomic E-state index is 13.5. The normalized spacial score (nSPS) is 10.6. The van der Waals surface area contributed by atoms with Gasteiger partial charge in [-0.2, -0.15) is 0 Å². The first-order valence-electron chi connectivity index (χ1n) is 6.46. The molecule has 0 aliphatic rings. The van der Waals surface area contributed by atoms with Crippen LogP contribution >= 0.6 is 0 Å². The van der Waals surface area contributed by atoms with Crippen LogP contribution in [0.3, 0.4) is 0 Å². The molecule has 0 amide bonds. The van der Waals surface area contributed by atoms with E-state index in [-0.39, 0.29) is 5.75 Å². The summed E-state index contributed by atoms with van der Waals surface area (Å²) in [6, 6.07) is 4.97. The van der Waals surface area contributed by atoms with Crippen LogP contribution in [0.1, 0.15) is 18.9 Å². The van der Waals surface area contributed by atoms with Gasteiger partial charge in [-0.3, -0.25) is 4.98 Å². The Labute approximate surface area is 116 Å². The van der Waals surface area contributed by atoms with Gasteiger partial charge in [0.25, 0.3) is 0 Å². The van der Waals surface area contributed by atoms with Gasteiger partial charge in [0.05, 0.1) is 6.20 Å². The Kier molecular flexibility index (Phi) is 5.01. The minimum absolute atomic E-state index is 0.0214. The molecule has 0 radical (unpaired) electrons. The lowest BCUT2D eigenvalue weighted by molar-refractivity contribution is 0.435. The van der Waals surface area contributed by atoms with E-state index in [2.05, 4.69) is 17.2 Å². The molecule has 0 atom stereocenters. The smallest absolute Gasteiger partial charge is 0.168 e. The number of hydrogen-bond acceptors (Lipinski definition) is 3. The Morgan fingerprint density at radius 2 is 2.05 bits per heavy atom. The van der Waals surface area contributed by atoms with Crippen molar-refractivity contribution in [3.63, 3.8) is 0 Å². The summed E-state index contributed by atoms with van der Waals surface area (Å²) < 4.78 is 31.7. The minimum Gasteiger partial charge on any atom is -0.453 e. The predicted molar refractivity (Wildman–Crippen MR) is 72.7 cm³/mol. The van der Waals surface area contributed by atoms with Gasteiger partial charge in [0.1, 0.15) is 11.6 Å². The van der Waals surface area contributed by atoms with Gasteiger partial charge in [-0.25, -0.2) is 8.78 Å². The zero-order chi connectivity index (χ0) is 14.4. The number of ether oxygens (including phenoxy) is 1. The van der Waals surface area contributed by atoms with Crippen molar-refractivity contribution in [2.45, 2.75) is 19.9 Å². The van der Waals surface area contributed by atoms with Crippen molar-refractivity contribution in [1.82, 2.24) is 10.3 Å². The van der Waals surface area contributed by atoms with Crippen molar-refractivity contribution in [3.05, 3.63) is 53.9 Å². The molecule has 0 aliphatic carbocycles. The molecule has 1 aromatic carbocycles. The fourth-order valence-corrected chi connectivity index (χ4v) is 1.71. The third-order valence-corrected chi connectivity index (χ3v) is 2.65. The second-order valence-corrected chi connectivity index (χ2v) is 4.38. The minimum atomic E-state index is -0.737. The number of halogens is 2. The molecule has 20 heavy (non-hydrogen) atoms. The summed E-state index contributed by atoms with van der Waals surface area (Å²) in [5.41, 5.74) is 0.943. The van der Waals surface area contributed by atoms with Crippen LogP contribution in [0.2, 0.25) is 0 Å². The van der Waals surface area contributed by atoms with Crippen molar-refractivity contribution < 1.29 is 13.5 Å². The van der Waals surface area contributed by atoms with Crippen molar-refractivity contribution in [2.24, 2.45) is 0 Å². The fraction of sp³-hybridized carbons (Fsp3) is 0.267. The highest BCUT2D eigenvalue weighted by Gasteiger charge is 2.07. The van der Waals surface area contributed by atoms with Crippen molar-refractivity contribution in [3.8, 4) is 11.5 Å². The highest BCUT2D eigenvalue weighted by molar-refractivity contribution is 5.32. The maximum Gasteiger partial charge on any atom is 0.168 e. The lowest BCUT2D eigenvalue weighted by Crippen LogP contribution is -2.13. The van der Waals surface area contributed by atoms with E-state index in [1.807, 2.05) is 0 Å². The Morgan fingerprint density at radius 3 is 2.80 bits per heavy atom. The molecule has 2 aromatic rings. The number of hydrogen-bond donors (Lipinski definition) is 1. The summed E-state index contributed by atoms with van der Waals surface area (Å²) in [6.07, 6.45) is 4.26. The van der Waals surface area contributed by atoms with Crippen LogP contribution in [0.4, 0.5) is 8.78 Å². The lowest BCUT2D eigenvalue weighted by atomic mass is 10.2. The van der Waals surface area contributed by atoms with E-state index < -0.39 is 11.6 Å². The topological polar surface area (TPSA) is 34.2 Å². The maximum atomic E-state index is 13.5. The van der Waals surface area contributed by atoms with E-state index in [0.29, 0.717) is 12.3 Å². The molecule has 5 heteroatoms. The van der Waals surface area contributed by atoms with Crippen molar-refractivity contribution in [2.75, 3.05) is 6.54 Å². The monoisotopic (exact) mass is 278 g/mol. The lowest BCUT2D eigenvalue weighted by Gasteiger charge is -2.08. The second kappa shape index (κ2) is 6.96. The SMILES string of the molecule is CCCNCc1cncc(Oc2ccc(F)cc2F)c1. The van der Waals surface area contributed by atoms with E-state index in [1.165, 1.54) is 12.3 Å². The summed E-state index contributed by atoms with van der Waals surface area (Å²) in [5.74, 6) is -0.969. The molecule has 0 spiro atoms. The van der Waals surface area contributed by atoms with Crippen LogP contribution in [-0.2, 0) is 6.54 Å². The fourth-order valence-electron chi connectivity index (χ4n) is 1.71. The number of nitrogens with zero attached hydrogens (tertiary/aromatic N) is 1. The molecule has 1 heterocycles. The Hall–Kier alpha value is -2.01. The van der Waals surface area contributed by atoms with E-state index in [4.69, 9.17) is 4.74 Å². The van der Waals surface area contributed by atoms with E-state index >= 15 is 0 Å². The van der Waals surface area contributed by atoms with Gasteiger partial charge in [-0.15, -0.1) is 0 Å². The largest absolute Gasteiger partial charge is 0.453 e. The van der Waals surface area contributed by atoms with Gasteiger partial charge in [-0.1, -0.05) is 6.92 Å². The quantitative estimate of drug-likeness (QED) is 0.819. The molecule has 0 aliphatic heterocycles. The first-order valence-corrected chi connectivity index (χ1v) is 6.46. The van der Waals surface area contributed by atoms with Crippen molar-refractivity contribution in [1.29, 1.82) is 0 Å². The zero-order valence-corrected chi connectivity index (χ0v) is 11.2. The Balaban J connectivity index is 2.07. The molecular formula is C15H16F2N2O. The summed E-state index contributed by atoms with van der Waals surface area (Å²) in [5, 5.41) is 3.24. The van der Waals surface area contributed by atoms with Crippen LogP contribution in [0.15, 0.2) is 36.7 Å². The molecule has 0 unspecified atom stereocenters. The molecule has 0 saturated carbocycles. The van der Waals surface area contributed by atoms with Crippen LogP contribution in [-0.4, -0.2) is 11.5 Å². The van der Waals surface area contributed by atoms with E-state index in [0.717, 1.165) is 30.7 Å².